The number of amides is 1. The van der Waals surface area contributed by atoms with Gasteiger partial charge in [0.15, 0.2) is 15.0 Å². The van der Waals surface area contributed by atoms with Crippen molar-refractivity contribution in [2.75, 3.05) is 17.7 Å². The maximum atomic E-state index is 12.9. The predicted octanol–water partition coefficient (Wildman–Crippen LogP) is 5.38. The van der Waals surface area contributed by atoms with Gasteiger partial charge in [-0.3, -0.25) is 4.79 Å². The van der Waals surface area contributed by atoms with Gasteiger partial charge in [-0.05, 0) is 31.5 Å². The fraction of sp³-hybridized carbons (Fsp3) is 0.214. The van der Waals surface area contributed by atoms with Crippen LogP contribution < -0.4 is 5.32 Å². The highest BCUT2D eigenvalue weighted by molar-refractivity contribution is 7.99. The van der Waals surface area contributed by atoms with Crippen molar-refractivity contribution in [1.29, 1.82) is 0 Å². The van der Waals surface area contributed by atoms with Gasteiger partial charge in [0.25, 0.3) is 0 Å². The average Bonchev–Trinajstić information content (AvgIpc) is 3.52. The summed E-state index contributed by atoms with van der Waals surface area (Å²) in [5.41, 5.74) is 2.92. The van der Waals surface area contributed by atoms with Gasteiger partial charge in [-0.2, -0.15) is 0 Å². The first kappa shape index (κ1) is 29.2. The Morgan fingerprint density at radius 3 is 2.52 bits per heavy atom. The van der Waals surface area contributed by atoms with Crippen LogP contribution in [0.2, 0.25) is 0 Å². The lowest BCUT2D eigenvalue weighted by Crippen LogP contribution is -2.17. The van der Waals surface area contributed by atoms with Crippen LogP contribution in [0.4, 0.5) is 5.00 Å². The number of ether oxygens (including phenoxy) is 1. The molecule has 9 nitrogen and oxygen atoms in total. The van der Waals surface area contributed by atoms with Gasteiger partial charge in [-0.25, -0.2) is 13.2 Å². The van der Waals surface area contributed by atoms with E-state index in [4.69, 9.17) is 4.74 Å². The molecule has 0 fully saturated rings. The summed E-state index contributed by atoms with van der Waals surface area (Å²) in [6, 6.07) is 15.9. The van der Waals surface area contributed by atoms with E-state index in [1.807, 2.05) is 36.6 Å². The fourth-order valence-electron chi connectivity index (χ4n) is 3.82. The van der Waals surface area contributed by atoms with Crippen molar-refractivity contribution in [3.63, 3.8) is 0 Å². The lowest BCUT2D eigenvalue weighted by Gasteiger charge is -2.10. The van der Waals surface area contributed by atoms with Crippen molar-refractivity contribution in [2.24, 2.45) is 0 Å². The molecule has 2 aromatic carbocycles. The van der Waals surface area contributed by atoms with Gasteiger partial charge in [-0.1, -0.05) is 65.9 Å². The van der Waals surface area contributed by atoms with Gasteiger partial charge in [-0.15, -0.1) is 28.1 Å². The normalized spacial score (nSPS) is 11.2. The van der Waals surface area contributed by atoms with Gasteiger partial charge >= 0.3 is 5.97 Å². The van der Waals surface area contributed by atoms with E-state index in [1.54, 1.807) is 35.8 Å². The van der Waals surface area contributed by atoms with Crippen LogP contribution >= 0.6 is 23.1 Å². The minimum atomic E-state index is -3.64. The molecule has 0 aliphatic heterocycles. The van der Waals surface area contributed by atoms with Crippen molar-refractivity contribution < 1.29 is 22.7 Å². The van der Waals surface area contributed by atoms with Crippen LogP contribution in [0, 0.1) is 6.92 Å². The zero-order valence-electron chi connectivity index (χ0n) is 22.0. The van der Waals surface area contributed by atoms with E-state index in [1.165, 1.54) is 23.5 Å². The van der Waals surface area contributed by atoms with Crippen molar-refractivity contribution in [2.45, 2.75) is 36.2 Å². The SMILES string of the molecule is C=CCn1c(CS(=O)(=O)c2ccccc2)nnc1SCC(=O)Nc1scc(-c2ccc(C)cc2)c1C(=O)OCC. The number of nitrogens with zero attached hydrogens (tertiary/aromatic N) is 3. The zero-order chi connectivity index (χ0) is 28.7. The van der Waals surface area contributed by atoms with E-state index in [0.29, 0.717) is 21.3 Å². The molecule has 1 amide bonds. The molecule has 0 aliphatic carbocycles. The first-order chi connectivity index (χ1) is 19.2. The summed E-state index contributed by atoms with van der Waals surface area (Å²) in [7, 11) is -3.64. The maximum Gasteiger partial charge on any atom is 0.341 e. The molecular formula is C28H28N4O5S3. The highest BCUT2D eigenvalue weighted by Crippen LogP contribution is 2.36. The van der Waals surface area contributed by atoms with Crippen molar-refractivity contribution >= 4 is 49.8 Å². The van der Waals surface area contributed by atoms with Crippen LogP contribution in [0.3, 0.4) is 0 Å². The average molecular weight is 597 g/mol. The second-order valence-electron chi connectivity index (χ2n) is 8.65. The number of rotatable bonds is 12. The predicted molar refractivity (Wildman–Crippen MR) is 157 cm³/mol. The number of sulfone groups is 1. The van der Waals surface area contributed by atoms with E-state index in [-0.39, 0.29) is 41.3 Å². The molecule has 4 aromatic rings. The van der Waals surface area contributed by atoms with Crippen molar-refractivity contribution in [3.05, 3.63) is 89.6 Å². The number of aryl methyl sites for hydroxylation is 1. The first-order valence-corrected chi connectivity index (χ1v) is 15.8. The van der Waals surface area contributed by atoms with Gasteiger partial charge in [0.2, 0.25) is 5.91 Å². The first-order valence-electron chi connectivity index (χ1n) is 12.3. The molecule has 0 saturated heterocycles. The van der Waals surface area contributed by atoms with E-state index in [0.717, 1.165) is 22.9 Å². The second kappa shape index (κ2) is 13.1. The van der Waals surface area contributed by atoms with Crippen LogP contribution in [-0.2, 0) is 31.7 Å². The van der Waals surface area contributed by atoms with Crippen molar-refractivity contribution in [3.8, 4) is 11.1 Å². The monoisotopic (exact) mass is 596 g/mol. The third kappa shape index (κ3) is 6.87. The summed E-state index contributed by atoms with van der Waals surface area (Å²) < 4.78 is 32.6. The number of aromatic nitrogens is 3. The highest BCUT2D eigenvalue weighted by Gasteiger charge is 2.24. The molecule has 0 bridgehead atoms. The molecule has 40 heavy (non-hydrogen) atoms. The molecule has 0 spiro atoms. The number of carbonyl (C=O) groups excluding carboxylic acids is 2. The molecule has 0 atom stereocenters. The maximum absolute atomic E-state index is 12.9. The number of anilines is 1. The number of hydrogen-bond donors (Lipinski definition) is 1. The lowest BCUT2D eigenvalue weighted by molar-refractivity contribution is -0.113. The summed E-state index contributed by atoms with van der Waals surface area (Å²) in [4.78, 5) is 26.0. The molecule has 0 radical (unpaired) electrons. The quantitative estimate of drug-likeness (QED) is 0.131. The lowest BCUT2D eigenvalue weighted by atomic mass is 10.0. The van der Waals surface area contributed by atoms with Gasteiger partial charge in [0.1, 0.15) is 22.1 Å². The smallest absolute Gasteiger partial charge is 0.341 e. The largest absolute Gasteiger partial charge is 0.462 e. The van der Waals surface area contributed by atoms with Crippen LogP contribution in [-0.4, -0.2) is 47.4 Å². The van der Waals surface area contributed by atoms with E-state index in [9.17, 15) is 18.0 Å². The second-order valence-corrected chi connectivity index (χ2v) is 12.5. The molecule has 0 saturated carbocycles. The number of allylic oxidation sites excluding steroid dienone is 1. The Hall–Kier alpha value is -3.74. The van der Waals surface area contributed by atoms with Crippen LogP contribution in [0.1, 0.15) is 28.7 Å². The van der Waals surface area contributed by atoms with E-state index >= 15 is 0 Å². The summed E-state index contributed by atoms with van der Waals surface area (Å²) in [6.45, 7) is 7.92. The molecule has 208 valence electrons. The standard InChI is InChI=1S/C28H28N4O5S3/c1-4-15-32-23(18-40(35,36)21-9-7-6-8-10-21)30-31-28(32)39-17-24(33)29-26-25(27(34)37-5-2)22(16-38-26)20-13-11-19(3)12-14-20/h4,6-14,16H,1,5,15,17-18H2,2-3H3,(H,29,33). The third-order valence-electron chi connectivity index (χ3n) is 5.75. The van der Waals surface area contributed by atoms with E-state index in [2.05, 4.69) is 22.1 Å². The number of benzene rings is 2. The molecule has 2 aromatic heterocycles. The summed E-state index contributed by atoms with van der Waals surface area (Å²) in [5.74, 6) is -1.01. The minimum Gasteiger partial charge on any atom is -0.462 e. The van der Waals surface area contributed by atoms with E-state index < -0.39 is 15.8 Å². The van der Waals surface area contributed by atoms with Crippen LogP contribution in [0.25, 0.3) is 11.1 Å². The Morgan fingerprint density at radius 1 is 1.12 bits per heavy atom. The van der Waals surface area contributed by atoms with Crippen LogP contribution in [0.5, 0.6) is 0 Å². The molecular weight excluding hydrogens is 569 g/mol. The topological polar surface area (TPSA) is 120 Å². The minimum absolute atomic E-state index is 0.0409. The molecule has 1 N–H and O–H groups in total. The third-order valence-corrected chi connectivity index (χ3v) is 9.24. The molecule has 2 heterocycles. The van der Waals surface area contributed by atoms with Gasteiger partial charge in [0, 0.05) is 17.5 Å². The Bertz CT molecular complexity index is 1610. The molecule has 0 unspecified atom stereocenters. The summed E-state index contributed by atoms with van der Waals surface area (Å²) in [5, 5.41) is 13.6. The fourth-order valence-corrected chi connectivity index (χ4v) is 6.85. The number of esters is 1. The number of thioether (sulfide) groups is 1. The number of hydrogen-bond acceptors (Lipinski definition) is 9. The zero-order valence-corrected chi connectivity index (χ0v) is 24.4. The Balaban J connectivity index is 1.50. The van der Waals surface area contributed by atoms with Gasteiger partial charge < -0.3 is 14.6 Å². The highest BCUT2D eigenvalue weighted by atomic mass is 32.2. The van der Waals surface area contributed by atoms with Crippen LogP contribution in [0.15, 0.2) is 82.7 Å². The summed E-state index contributed by atoms with van der Waals surface area (Å²) in [6.07, 6.45) is 1.61. The molecule has 12 heteroatoms. The number of thiophene rings is 1. The van der Waals surface area contributed by atoms with Gasteiger partial charge in [0.05, 0.1) is 17.3 Å². The summed E-state index contributed by atoms with van der Waals surface area (Å²) >= 11 is 2.35. The number of carbonyl (C=O) groups is 2. The Labute approximate surface area is 241 Å². The van der Waals surface area contributed by atoms with Crippen molar-refractivity contribution in [1.82, 2.24) is 14.8 Å². The number of nitrogens with one attached hydrogen (secondary N) is 1. The Kier molecular flexibility index (Phi) is 9.56. The molecule has 0 aliphatic rings. The molecule has 4 rings (SSSR count). The Morgan fingerprint density at radius 2 is 1.85 bits per heavy atom.